The summed E-state index contributed by atoms with van der Waals surface area (Å²) in [7, 11) is 2.74. The number of amides is 4. The zero-order valence-corrected chi connectivity index (χ0v) is 33.0. The van der Waals surface area contributed by atoms with Gasteiger partial charge in [0, 0.05) is 39.9 Å². The van der Waals surface area contributed by atoms with Crippen LogP contribution in [0.4, 0.5) is 24.7 Å². The lowest BCUT2D eigenvalue weighted by molar-refractivity contribution is -0.139. The summed E-state index contributed by atoms with van der Waals surface area (Å²) < 4.78 is 51.9. The van der Waals surface area contributed by atoms with Gasteiger partial charge in [-0.05, 0) is 67.1 Å². The van der Waals surface area contributed by atoms with Crippen LogP contribution in [0.25, 0.3) is 0 Å². The number of hydrazine groups is 1. The Morgan fingerprint density at radius 2 is 1.62 bits per heavy atom. The second-order valence-electron chi connectivity index (χ2n) is 14.6. The number of nitrogens with one attached hydrogen (secondary N) is 1. The number of hydrogen-bond donors (Lipinski definition) is 2. The van der Waals surface area contributed by atoms with E-state index < -0.39 is 81.2 Å². The molecule has 58 heavy (non-hydrogen) atoms. The van der Waals surface area contributed by atoms with Gasteiger partial charge in [-0.15, -0.1) is 0 Å². The van der Waals surface area contributed by atoms with Gasteiger partial charge in [0.25, 0.3) is 11.8 Å². The highest BCUT2D eigenvalue weighted by Crippen LogP contribution is 2.66. The summed E-state index contributed by atoms with van der Waals surface area (Å²) in [6.45, 7) is 1.79. The van der Waals surface area contributed by atoms with Gasteiger partial charge in [-0.1, -0.05) is 64.7 Å². The molecule has 2 N–H and O–H groups in total. The van der Waals surface area contributed by atoms with E-state index >= 15 is 4.79 Å². The summed E-state index contributed by atoms with van der Waals surface area (Å²) in [5, 5.41) is 12.7. The number of halogens is 6. The number of carbonyl (C=O) groups excluding carboxylic acids is 4. The summed E-state index contributed by atoms with van der Waals surface area (Å²) in [5.74, 6) is -8.39. The number of imide groups is 2. The number of hydrogen-bond acceptors (Lipinski definition) is 9. The number of benzene rings is 3. The third kappa shape index (κ3) is 5.90. The van der Waals surface area contributed by atoms with E-state index in [9.17, 15) is 32.7 Å². The fourth-order valence-electron chi connectivity index (χ4n) is 9.24. The largest absolute Gasteiger partial charge is 0.507 e. The van der Waals surface area contributed by atoms with E-state index in [0.717, 1.165) is 10.5 Å². The minimum absolute atomic E-state index is 0.0729. The van der Waals surface area contributed by atoms with E-state index in [1.807, 2.05) is 0 Å². The van der Waals surface area contributed by atoms with Crippen LogP contribution in [0.1, 0.15) is 41.0 Å². The maximum Gasteiger partial charge on any atom is 0.417 e. The Hall–Kier alpha value is -5.31. The van der Waals surface area contributed by atoms with Crippen LogP contribution in [0.5, 0.6) is 17.2 Å². The number of nitrogens with zero attached hydrogens (tertiary/aromatic N) is 3. The molecule has 8 rings (SSSR count). The number of ether oxygens (including phenoxy) is 2. The van der Waals surface area contributed by atoms with Crippen molar-refractivity contribution < 1.29 is 46.9 Å². The van der Waals surface area contributed by atoms with Crippen molar-refractivity contribution >= 4 is 69.9 Å². The lowest BCUT2D eigenvalue weighted by Crippen LogP contribution is -2.53. The number of anilines is 2. The first kappa shape index (κ1) is 39.5. The highest BCUT2D eigenvalue weighted by Gasteiger charge is 2.71. The first-order chi connectivity index (χ1) is 27.5. The van der Waals surface area contributed by atoms with E-state index in [-0.39, 0.29) is 41.3 Å². The molecule has 300 valence electrons. The van der Waals surface area contributed by atoms with Gasteiger partial charge in [-0.25, -0.2) is 9.88 Å². The van der Waals surface area contributed by atoms with Crippen LogP contribution in [0.2, 0.25) is 15.1 Å². The van der Waals surface area contributed by atoms with Crippen molar-refractivity contribution in [2.24, 2.45) is 23.7 Å². The fraction of sp³-hybridized carbons (Fsp3) is 0.293. The van der Waals surface area contributed by atoms with Crippen LogP contribution in [-0.4, -0.2) is 52.9 Å². The Balaban J connectivity index is 1.35. The molecule has 11 nitrogen and oxygen atoms in total. The molecule has 3 fully saturated rings. The minimum Gasteiger partial charge on any atom is -0.507 e. The van der Waals surface area contributed by atoms with Gasteiger partial charge in [0.2, 0.25) is 11.8 Å². The maximum atomic E-state index is 15.5. The van der Waals surface area contributed by atoms with Crippen LogP contribution < -0.4 is 19.8 Å². The Labute approximate surface area is 344 Å². The van der Waals surface area contributed by atoms with Gasteiger partial charge in [-0.3, -0.25) is 24.6 Å². The lowest BCUT2D eigenvalue weighted by atomic mass is 9.49. The summed E-state index contributed by atoms with van der Waals surface area (Å²) >= 11 is 19.1. The van der Waals surface area contributed by atoms with Gasteiger partial charge in [0.15, 0.2) is 5.82 Å². The number of aryl methyl sites for hydroxylation is 1. The second-order valence-corrected chi connectivity index (χ2v) is 15.9. The van der Waals surface area contributed by atoms with Crippen molar-refractivity contribution in [1.82, 2.24) is 9.99 Å². The quantitative estimate of drug-likeness (QED) is 0.139. The molecule has 17 heteroatoms. The van der Waals surface area contributed by atoms with Crippen molar-refractivity contribution in [3.63, 3.8) is 0 Å². The third-order valence-corrected chi connectivity index (χ3v) is 12.8. The number of methoxy groups -OCH3 is 2. The molecule has 2 aliphatic heterocycles. The smallest absolute Gasteiger partial charge is 0.417 e. The van der Waals surface area contributed by atoms with Crippen molar-refractivity contribution in [3.05, 3.63) is 116 Å². The molecule has 4 amide bonds. The standard InChI is InChI=1S/C41H32Cl3F3N4O7/c1-18-4-9-22(13-28(18)43)50-36(53)25-11-10-24-26(32(25)38(50)55)16-27-37(54)51(49-35-29(44)12-20(17-48-35)41(45,46)47)39(56)40(27,19-5-7-21(42)8-6-19)34(24)33-30(52)14-23(57-2)15-31(33)58-3/h4-10,12-15,17,25-27,32,34,52H,11,16H2,1-3H3,(H,48,49)/t25-,26+,27-,32-,34+,40+/m0/s1. The number of phenolic OH excluding ortho intramolecular Hbond substituents is 1. The minimum atomic E-state index is -4.78. The average molecular weight is 856 g/mol. The maximum absolute atomic E-state index is 15.5. The molecular formula is C41H32Cl3F3N4O7. The second kappa shape index (κ2) is 14.2. The molecule has 0 radical (unpaired) electrons. The molecule has 4 aliphatic rings. The molecule has 0 bridgehead atoms. The first-order valence-electron chi connectivity index (χ1n) is 18.0. The fourth-order valence-corrected chi connectivity index (χ4v) is 9.75. The molecule has 2 aliphatic carbocycles. The summed E-state index contributed by atoms with van der Waals surface area (Å²) in [6.07, 6.45) is -2.55. The molecule has 3 aromatic carbocycles. The van der Waals surface area contributed by atoms with Crippen molar-refractivity contribution in [1.29, 1.82) is 0 Å². The topological polar surface area (TPSA) is 138 Å². The molecule has 0 unspecified atom stereocenters. The molecule has 0 spiro atoms. The van der Waals surface area contributed by atoms with E-state index in [1.165, 1.54) is 44.6 Å². The van der Waals surface area contributed by atoms with Crippen LogP contribution in [0.15, 0.2) is 78.5 Å². The van der Waals surface area contributed by atoms with Gasteiger partial charge in [-0.2, -0.15) is 18.2 Å². The Bertz CT molecular complexity index is 2460. The average Bonchev–Trinajstić information content (AvgIpc) is 3.57. The highest BCUT2D eigenvalue weighted by molar-refractivity contribution is 6.33. The molecule has 1 saturated carbocycles. The Kier molecular flexibility index (Phi) is 9.68. The zero-order valence-electron chi connectivity index (χ0n) is 30.7. The van der Waals surface area contributed by atoms with E-state index in [2.05, 4.69) is 10.4 Å². The predicted octanol–water partition coefficient (Wildman–Crippen LogP) is 8.28. The number of aromatic hydroxyl groups is 1. The van der Waals surface area contributed by atoms with Gasteiger partial charge >= 0.3 is 6.18 Å². The highest BCUT2D eigenvalue weighted by atomic mass is 35.5. The first-order valence-corrected chi connectivity index (χ1v) is 19.1. The normalized spacial score (nSPS) is 25.3. The van der Waals surface area contributed by atoms with E-state index in [1.54, 1.807) is 37.3 Å². The van der Waals surface area contributed by atoms with Gasteiger partial charge in [0.05, 0.1) is 53.7 Å². The Morgan fingerprint density at radius 3 is 2.26 bits per heavy atom. The van der Waals surface area contributed by atoms with Gasteiger partial charge < -0.3 is 14.6 Å². The van der Waals surface area contributed by atoms with Crippen LogP contribution in [0, 0.1) is 30.6 Å². The molecule has 1 aromatic heterocycles. The zero-order chi connectivity index (χ0) is 41.6. The van der Waals surface area contributed by atoms with Crippen molar-refractivity contribution in [3.8, 4) is 17.2 Å². The number of phenols is 1. The molecule has 4 aromatic rings. The predicted molar refractivity (Wildman–Crippen MR) is 207 cm³/mol. The van der Waals surface area contributed by atoms with Crippen molar-refractivity contribution in [2.75, 3.05) is 24.5 Å². The van der Waals surface area contributed by atoms with Crippen LogP contribution in [-0.2, 0) is 30.8 Å². The number of alkyl halides is 3. The summed E-state index contributed by atoms with van der Waals surface area (Å²) in [6, 6.07) is 14.5. The van der Waals surface area contributed by atoms with Crippen LogP contribution >= 0.6 is 34.8 Å². The van der Waals surface area contributed by atoms with E-state index in [4.69, 9.17) is 44.3 Å². The molecular weight excluding hydrogens is 824 g/mol. The van der Waals surface area contributed by atoms with E-state index in [0.29, 0.717) is 38.5 Å². The number of aromatic nitrogens is 1. The number of carbonyl (C=O) groups is 4. The summed E-state index contributed by atoms with van der Waals surface area (Å²) in [4.78, 5) is 64.2. The number of fused-ring (bicyclic) bond motifs is 4. The SMILES string of the molecule is COc1cc(O)c([C@H]2C3=CC[C@@H]4C(=O)N(c5ccc(C)c(Cl)c5)C(=O)[C@@H]4[C@@H]3C[C@H]3C(=O)N(Nc4ncc(C(F)(F)F)cc4Cl)C(=O)[C@@]23c2ccc(Cl)cc2)c(OC)c1. The third-order valence-electron chi connectivity index (χ3n) is 11.8. The molecule has 6 atom stereocenters. The molecule has 3 heterocycles. The Morgan fingerprint density at radius 1 is 0.897 bits per heavy atom. The number of pyridine rings is 1. The number of allylic oxidation sites excluding steroid dienone is 2. The van der Waals surface area contributed by atoms with Gasteiger partial charge in [0.1, 0.15) is 17.2 Å². The molecule has 2 saturated heterocycles. The van der Waals surface area contributed by atoms with Crippen LogP contribution in [0.3, 0.4) is 0 Å². The van der Waals surface area contributed by atoms with Crippen molar-refractivity contribution in [2.45, 2.75) is 37.3 Å². The summed E-state index contributed by atoms with van der Waals surface area (Å²) in [5.41, 5.74) is 1.41. The number of rotatable bonds is 7. The lowest BCUT2D eigenvalue weighted by Gasteiger charge is -2.50. The monoisotopic (exact) mass is 854 g/mol.